The van der Waals surface area contributed by atoms with Crippen LogP contribution in [0.2, 0.25) is 0 Å². The summed E-state index contributed by atoms with van der Waals surface area (Å²) >= 11 is -0.391. The van der Waals surface area contributed by atoms with Crippen LogP contribution in [0.4, 0.5) is 18.9 Å². The average molecular weight is 477 g/mol. The number of ether oxygens (including phenoxy) is 1. The molecule has 0 aromatic heterocycles. The quantitative estimate of drug-likeness (QED) is 0.517. The smallest absolute Gasteiger partial charge is 0.446 e. The molecule has 0 unspecified atom stereocenters. The highest BCUT2D eigenvalue weighted by Gasteiger charge is 2.31. The maximum Gasteiger partial charge on any atom is 0.446 e. The minimum atomic E-state index is -4.56. The molecule has 170 valence electrons. The first-order valence-electron chi connectivity index (χ1n) is 9.46. The monoisotopic (exact) mass is 476 g/mol. The van der Waals surface area contributed by atoms with Crippen molar-refractivity contribution >= 4 is 33.4 Å². The van der Waals surface area contributed by atoms with Gasteiger partial charge in [0.2, 0.25) is 10.0 Å². The molecule has 0 radical (unpaired) electrons. The van der Waals surface area contributed by atoms with E-state index in [1.165, 1.54) is 46.8 Å². The van der Waals surface area contributed by atoms with Crippen molar-refractivity contribution in [1.29, 1.82) is 0 Å². The molecule has 0 heterocycles. The highest BCUT2D eigenvalue weighted by atomic mass is 32.2. The number of carbonyl (C=O) groups is 1. The second-order valence-electron chi connectivity index (χ2n) is 6.18. The largest absolute Gasteiger partial charge is 0.492 e. The Bertz CT molecular complexity index is 1020. The van der Waals surface area contributed by atoms with Gasteiger partial charge in [0.25, 0.3) is 5.91 Å². The molecule has 0 saturated heterocycles. The van der Waals surface area contributed by atoms with Crippen molar-refractivity contribution < 1.29 is 31.1 Å². The van der Waals surface area contributed by atoms with Crippen LogP contribution in [0.15, 0.2) is 52.3 Å². The van der Waals surface area contributed by atoms with E-state index < -0.39 is 33.2 Å². The summed E-state index contributed by atoms with van der Waals surface area (Å²) in [5.41, 5.74) is -4.61. The Morgan fingerprint density at radius 3 is 2.32 bits per heavy atom. The van der Waals surface area contributed by atoms with Crippen LogP contribution >= 0.6 is 11.8 Å². The number of amides is 1. The summed E-state index contributed by atoms with van der Waals surface area (Å²) in [5.74, 6) is -0.664. The maximum atomic E-state index is 13.0. The van der Waals surface area contributed by atoms with Crippen LogP contribution in [-0.4, -0.2) is 43.8 Å². The highest BCUT2D eigenvalue weighted by Crippen LogP contribution is 2.38. The number of halogens is 3. The second-order valence-corrected chi connectivity index (χ2v) is 9.20. The third-order valence-corrected chi connectivity index (χ3v) is 7.06. The SMILES string of the molecule is CCOc1ccc(NC(=O)c2ccccc2SC(F)(F)F)cc1S(=O)(=O)N(CC)CC. The van der Waals surface area contributed by atoms with Crippen molar-refractivity contribution in [3.63, 3.8) is 0 Å². The Balaban J connectivity index is 2.42. The van der Waals surface area contributed by atoms with Crippen molar-refractivity contribution in [3.8, 4) is 5.75 Å². The van der Waals surface area contributed by atoms with Crippen LogP contribution in [0.1, 0.15) is 31.1 Å². The van der Waals surface area contributed by atoms with Gasteiger partial charge in [-0.3, -0.25) is 4.79 Å². The van der Waals surface area contributed by atoms with Crippen molar-refractivity contribution in [2.75, 3.05) is 25.0 Å². The summed E-state index contributed by atoms with van der Waals surface area (Å²) in [4.78, 5) is 12.3. The van der Waals surface area contributed by atoms with E-state index in [1.807, 2.05) is 0 Å². The topological polar surface area (TPSA) is 75.7 Å². The van der Waals surface area contributed by atoms with Crippen LogP contribution in [0.5, 0.6) is 5.75 Å². The molecular weight excluding hydrogens is 453 g/mol. The molecule has 2 aromatic rings. The van der Waals surface area contributed by atoms with Gasteiger partial charge in [-0.1, -0.05) is 26.0 Å². The van der Waals surface area contributed by atoms with E-state index in [1.54, 1.807) is 20.8 Å². The van der Waals surface area contributed by atoms with Gasteiger partial charge in [-0.2, -0.15) is 17.5 Å². The number of anilines is 1. The minimum absolute atomic E-state index is 0.117. The molecule has 0 fully saturated rings. The number of sulfonamides is 1. The number of alkyl halides is 3. The molecule has 2 rings (SSSR count). The fourth-order valence-electron chi connectivity index (χ4n) is 2.83. The third kappa shape index (κ3) is 6.37. The Labute approximate surface area is 183 Å². The summed E-state index contributed by atoms with van der Waals surface area (Å²) in [6.07, 6.45) is 0. The van der Waals surface area contributed by atoms with Crippen LogP contribution in [0, 0.1) is 0 Å². The molecule has 1 N–H and O–H groups in total. The van der Waals surface area contributed by atoms with Gasteiger partial charge < -0.3 is 10.1 Å². The molecule has 6 nitrogen and oxygen atoms in total. The number of benzene rings is 2. The van der Waals surface area contributed by atoms with E-state index in [0.29, 0.717) is 0 Å². The zero-order chi connectivity index (χ0) is 23.2. The van der Waals surface area contributed by atoms with E-state index in [9.17, 15) is 26.4 Å². The fraction of sp³-hybridized carbons (Fsp3) is 0.350. The summed E-state index contributed by atoms with van der Waals surface area (Å²) < 4.78 is 71.1. The molecule has 0 spiro atoms. The number of nitrogens with one attached hydrogen (secondary N) is 1. The van der Waals surface area contributed by atoms with Gasteiger partial charge in [0.1, 0.15) is 10.6 Å². The van der Waals surface area contributed by atoms with Gasteiger partial charge in [-0.15, -0.1) is 0 Å². The molecule has 0 aliphatic heterocycles. The normalized spacial score (nSPS) is 12.1. The van der Waals surface area contributed by atoms with Crippen molar-refractivity contribution in [2.45, 2.75) is 36.1 Å². The number of rotatable bonds is 9. The Morgan fingerprint density at radius 2 is 1.74 bits per heavy atom. The first-order valence-corrected chi connectivity index (χ1v) is 11.7. The van der Waals surface area contributed by atoms with Gasteiger partial charge in [-0.25, -0.2) is 8.42 Å². The van der Waals surface area contributed by atoms with Crippen molar-refractivity contribution in [3.05, 3.63) is 48.0 Å². The molecule has 0 bridgehead atoms. The highest BCUT2D eigenvalue weighted by molar-refractivity contribution is 8.00. The first-order chi connectivity index (χ1) is 14.5. The van der Waals surface area contributed by atoms with E-state index in [0.717, 1.165) is 0 Å². The molecule has 31 heavy (non-hydrogen) atoms. The summed E-state index contributed by atoms with van der Waals surface area (Å²) in [6.45, 7) is 5.81. The van der Waals surface area contributed by atoms with Gasteiger partial charge in [0, 0.05) is 23.7 Å². The summed E-state index contributed by atoms with van der Waals surface area (Å²) in [6, 6.07) is 9.40. The second kappa shape index (κ2) is 10.4. The zero-order valence-corrected chi connectivity index (χ0v) is 18.8. The molecule has 2 aromatic carbocycles. The predicted octanol–water partition coefficient (Wildman–Crippen LogP) is 4.98. The zero-order valence-electron chi connectivity index (χ0n) is 17.2. The summed E-state index contributed by atoms with van der Waals surface area (Å²) in [7, 11) is -3.91. The van der Waals surface area contributed by atoms with Gasteiger partial charge in [-0.05, 0) is 49.0 Å². The lowest BCUT2D eigenvalue weighted by Crippen LogP contribution is -2.31. The fourth-order valence-corrected chi connectivity index (χ4v) is 5.11. The molecule has 0 aliphatic carbocycles. The average Bonchev–Trinajstić information content (AvgIpc) is 2.69. The molecule has 0 saturated carbocycles. The van der Waals surface area contributed by atoms with Gasteiger partial charge >= 0.3 is 5.51 Å². The molecular formula is C20H23F3N2O4S2. The number of thioether (sulfide) groups is 1. The number of nitrogens with zero attached hydrogens (tertiary/aromatic N) is 1. The molecule has 0 atom stereocenters. The van der Waals surface area contributed by atoms with E-state index in [2.05, 4.69) is 5.32 Å². The number of hydrogen-bond donors (Lipinski definition) is 1. The van der Waals surface area contributed by atoms with Gasteiger partial charge in [0.15, 0.2) is 0 Å². The van der Waals surface area contributed by atoms with E-state index >= 15 is 0 Å². The van der Waals surface area contributed by atoms with E-state index in [-0.39, 0.29) is 46.5 Å². The predicted molar refractivity (Wildman–Crippen MR) is 114 cm³/mol. The van der Waals surface area contributed by atoms with Crippen molar-refractivity contribution in [1.82, 2.24) is 4.31 Å². The van der Waals surface area contributed by atoms with Crippen LogP contribution in [-0.2, 0) is 10.0 Å². The Hall–Kier alpha value is -2.24. The Morgan fingerprint density at radius 1 is 1.10 bits per heavy atom. The van der Waals surface area contributed by atoms with Crippen LogP contribution in [0.25, 0.3) is 0 Å². The third-order valence-electron chi connectivity index (χ3n) is 4.18. The number of carbonyl (C=O) groups excluding carboxylic acids is 1. The van der Waals surface area contributed by atoms with Crippen molar-refractivity contribution in [2.24, 2.45) is 0 Å². The maximum absolute atomic E-state index is 13.0. The number of hydrogen-bond acceptors (Lipinski definition) is 5. The lowest BCUT2D eigenvalue weighted by molar-refractivity contribution is -0.0328. The Kier molecular flexibility index (Phi) is 8.38. The molecule has 1 amide bonds. The van der Waals surface area contributed by atoms with E-state index in [4.69, 9.17) is 4.74 Å². The first kappa shape index (κ1) is 25.0. The molecule has 0 aliphatic rings. The summed E-state index contributed by atoms with van der Waals surface area (Å²) in [5, 5.41) is 2.48. The van der Waals surface area contributed by atoms with Crippen LogP contribution in [0.3, 0.4) is 0 Å². The molecule has 11 heteroatoms. The minimum Gasteiger partial charge on any atom is -0.492 e. The lowest BCUT2D eigenvalue weighted by Gasteiger charge is -2.21. The lowest BCUT2D eigenvalue weighted by atomic mass is 10.2. The van der Waals surface area contributed by atoms with Gasteiger partial charge in [0.05, 0.1) is 12.2 Å². The standard InChI is InChI=1S/C20H23F3N2O4S2/c1-4-25(5-2)31(27,28)18-13-14(11-12-16(18)29-6-3)24-19(26)15-9-7-8-10-17(15)30-20(21,22)23/h7-13H,4-6H2,1-3H3,(H,24,26). The van der Waals surface area contributed by atoms with Crippen LogP contribution < -0.4 is 10.1 Å².